The van der Waals surface area contributed by atoms with Crippen LogP contribution in [0.1, 0.15) is 24.4 Å². The fourth-order valence-electron chi connectivity index (χ4n) is 3.05. The lowest BCUT2D eigenvalue weighted by molar-refractivity contribution is -0.122. The Kier molecular flexibility index (Phi) is 5.00. The van der Waals surface area contributed by atoms with E-state index < -0.39 is 0 Å². The Morgan fingerprint density at radius 3 is 2.71 bits per heavy atom. The molecule has 0 atom stereocenters. The second-order valence-electron chi connectivity index (χ2n) is 6.75. The highest BCUT2D eigenvalue weighted by Crippen LogP contribution is 2.37. The van der Waals surface area contributed by atoms with Gasteiger partial charge in [0.15, 0.2) is 5.82 Å². The van der Waals surface area contributed by atoms with Gasteiger partial charge in [0.2, 0.25) is 5.91 Å². The maximum Gasteiger partial charge on any atom is 0.346 e. The molecule has 3 aromatic rings. The second kappa shape index (κ2) is 7.59. The van der Waals surface area contributed by atoms with Crippen LogP contribution in [0.4, 0.5) is 4.39 Å². The Labute approximate surface area is 165 Å². The maximum absolute atomic E-state index is 13.2. The largest absolute Gasteiger partial charge is 0.350 e. The minimum Gasteiger partial charge on any atom is -0.350 e. The molecule has 0 saturated heterocycles. The number of hydrogen-bond acceptors (Lipinski definition) is 3. The van der Waals surface area contributed by atoms with Crippen molar-refractivity contribution < 1.29 is 9.18 Å². The summed E-state index contributed by atoms with van der Waals surface area (Å²) in [6.45, 7) is -0.0443. The van der Waals surface area contributed by atoms with E-state index in [9.17, 15) is 14.0 Å². The van der Waals surface area contributed by atoms with Gasteiger partial charge >= 0.3 is 5.69 Å². The predicted octanol–water partition coefficient (Wildman–Crippen LogP) is 3.16. The van der Waals surface area contributed by atoms with Gasteiger partial charge < -0.3 is 5.32 Å². The van der Waals surface area contributed by atoms with Crippen molar-refractivity contribution in [2.24, 2.45) is 0 Å². The van der Waals surface area contributed by atoms with E-state index in [4.69, 9.17) is 11.6 Å². The average molecular weight is 401 g/mol. The van der Waals surface area contributed by atoms with Crippen molar-refractivity contribution in [1.82, 2.24) is 19.7 Å². The molecule has 1 aliphatic carbocycles. The van der Waals surface area contributed by atoms with Crippen molar-refractivity contribution in [2.75, 3.05) is 0 Å². The Morgan fingerprint density at radius 2 is 2.00 bits per heavy atom. The van der Waals surface area contributed by atoms with Gasteiger partial charge in [-0.2, -0.15) is 0 Å². The predicted molar refractivity (Wildman–Crippen MR) is 103 cm³/mol. The molecule has 1 heterocycles. The lowest BCUT2D eigenvalue weighted by atomic mass is 10.2. The number of benzene rings is 2. The summed E-state index contributed by atoms with van der Waals surface area (Å²) in [5.74, 6) is -0.274. The summed E-state index contributed by atoms with van der Waals surface area (Å²) in [5, 5.41) is 7.56. The van der Waals surface area contributed by atoms with Crippen LogP contribution in [0.25, 0.3) is 11.4 Å². The fourth-order valence-corrected chi connectivity index (χ4v) is 3.27. The summed E-state index contributed by atoms with van der Waals surface area (Å²) in [6.07, 6.45) is 1.80. The minimum atomic E-state index is -0.377. The number of carbonyl (C=O) groups excluding carboxylic acids is 1. The molecular formula is C20H18ClFN4O2. The Hall–Kier alpha value is -2.93. The van der Waals surface area contributed by atoms with E-state index in [0.29, 0.717) is 22.0 Å². The molecule has 0 radical (unpaired) electrons. The lowest BCUT2D eigenvalue weighted by Gasteiger charge is -2.05. The van der Waals surface area contributed by atoms with Crippen molar-refractivity contribution in [3.05, 3.63) is 75.4 Å². The standard InChI is InChI=1S/C20H18ClFN4O2/c21-17-7-2-1-6-16(17)19-24-25(20(28)26(19)15-8-9-15)12-18(27)23-11-13-4-3-5-14(22)10-13/h1-7,10,15H,8-9,11-12H2,(H,23,27). The Balaban J connectivity index is 1.55. The molecule has 2 aromatic carbocycles. The van der Waals surface area contributed by atoms with Gasteiger partial charge in [-0.05, 0) is 42.7 Å². The zero-order valence-corrected chi connectivity index (χ0v) is 15.7. The normalized spacial score (nSPS) is 13.5. The van der Waals surface area contributed by atoms with E-state index in [1.165, 1.54) is 12.1 Å². The van der Waals surface area contributed by atoms with Gasteiger partial charge in [-0.1, -0.05) is 35.9 Å². The molecular weight excluding hydrogens is 383 g/mol. The van der Waals surface area contributed by atoms with Crippen LogP contribution in [-0.2, 0) is 17.9 Å². The topological polar surface area (TPSA) is 68.9 Å². The number of hydrogen-bond donors (Lipinski definition) is 1. The summed E-state index contributed by atoms with van der Waals surface area (Å²) < 4.78 is 16.0. The molecule has 1 amide bonds. The first-order valence-corrected chi connectivity index (χ1v) is 9.36. The van der Waals surface area contributed by atoms with Crippen molar-refractivity contribution in [3.63, 3.8) is 0 Å². The molecule has 0 unspecified atom stereocenters. The molecule has 1 N–H and O–H groups in total. The summed E-state index contributed by atoms with van der Waals surface area (Å²) in [6, 6.07) is 13.2. The molecule has 0 spiro atoms. The third kappa shape index (κ3) is 3.84. The third-order valence-electron chi connectivity index (χ3n) is 4.57. The molecule has 0 aliphatic heterocycles. The fraction of sp³-hybridized carbons (Fsp3) is 0.250. The molecule has 8 heteroatoms. The SMILES string of the molecule is O=C(Cn1nc(-c2ccccc2Cl)n(C2CC2)c1=O)NCc1cccc(F)c1. The average Bonchev–Trinajstić information content (AvgIpc) is 3.46. The summed E-state index contributed by atoms with van der Waals surface area (Å²) >= 11 is 6.28. The quantitative estimate of drug-likeness (QED) is 0.691. The van der Waals surface area contributed by atoms with Crippen LogP contribution < -0.4 is 11.0 Å². The van der Waals surface area contributed by atoms with Crippen molar-refractivity contribution in [1.29, 1.82) is 0 Å². The first kappa shape index (κ1) is 18.4. The highest BCUT2D eigenvalue weighted by atomic mass is 35.5. The number of nitrogens with one attached hydrogen (secondary N) is 1. The zero-order valence-electron chi connectivity index (χ0n) is 14.9. The molecule has 6 nitrogen and oxygen atoms in total. The first-order valence-electron chi connectivity index (χ1n) is 8.98. The van der Waals surface area contributed by atoms with Gasteiger partial charge in [-0.25, -0.2) is 13.9 Å². The van der Waals surface area contributed by atoms with Gasteiger partial charge in [0, 0.05) is 18.2 Å². The lowest BCUT2D eigenvalue weighted by Crippen LogP contribution is -2.33. The van der Waals surface area contributed by atoms with Crippen LogP contribution in [0, 0.1) is 5.82 Å². The van der Waals surface area contributed by atoms with E-state index in [0.717, 1.165) is 17.5 Å². The van der Waals surface area contributed by atoms with Crippen molar-refractivity contribution >= 4 is 17.5 Å². The molecule has 1 aliphatic rings. The van der Waals surface area contributed by atoms with E-state index in [2.05, 4.69) is 10.4 Å². The first-order chi connectivity index (χ1) is 13.5. The maximum atomic E-state index is 13.2. The van der Waals surface area contributed by atoms with Gasteiger partial charge in [-0.15, -0.1) is 5.10 Å². The van der Waals surface area contributed by atoms with Crippen LogP contribution >= 0.6 is 11.6 Å². The molecule has 144 valence electrons. The number of amides is 1. The number of aromatic nitrogens is 3. The van der Waals surface area contributed by atoms with Crippen LogP contribution in [0.5, 0.6) is 0 Å². The van der Waals surface area contributed by atoms with E-state index >= 15 is 0 Å². The number of halogens is 2. The number of rotatable bonds is 6. The van der Waals surface area contributed by atoms with Crippen LogP contribution in [0.2, 0.25) is 5.02 Å². The highest BCUT2D eigenvalue weighted by Gasteiger charge is 2.31. The van der Waals surface area contributed by atoms with Gasteiger partial charge in [0.25, 0.3) is 0 Å². The van der Waals surface area contributed by atoms with Crippen molar-refractivity contribution in [3.8, 4) is 11.4 Å². The molecule has 1 fully saturated rings. The van der Waals surface area contributed by atoms with Gasteiger partial charge in [-0.3, -0.25) is 9.36 Å². The number of nitrogens with zero attached hydrogens (tertiary/aromatic N) is 3. The Bertz CT molecular complexity index is 1090. The molecule has 1 aromatic heterocycles. The zero-order chi connectivity index (χ0) is 19.7. The van der Waals surface area contributed by atoms with E-state index in [1.54, 1.807) is 28.8 Å². The molecule has 0 bridgehead atoms. The highest BCUT2D eigenvalue weighted by molar-refractivity contribution is 6.33. The van der Waals surface area contributed by atoms with Crippen LogP contribution in [0.15, 0.2) is 53.3 Å². The number of carbonyl (C=O) groups is 1. The molecule has 28 heavy (non-hydrogen) atoms. The van der Waals surface area contributed by atoms with Crippen molar-refractivity contribution in [2.45, 2.75) is 32.0 Å². The van der Waals surface area contributed by atoms with E-state index in [1.807, 2.05) is 12.1 Å². The minimum absolute atomic E-state index is 0.0860. The van der Waals surface area contributed by atoms with Crippen LogP contribution in [0.3, 0.4) is 0 Å². The third-order valence-corrected chi connectivity index (χ3v) is 4.90. The summed E-state index contributed by atoms with van der Waals surface area (Å²) in [7, 11) is 0. The van der Waals surface area contributed by atoms with E-state index in [-0.39, 0.29) is 36.5 Å². The second-order valence-corrected chi connectivity index (χ2v) is 7.16. The van der Waals surface area contributed by atoms with Gasteiger partial charge in [0.1, 0.15) is 12.4 Å². The molecule has 1 saturated carbocycles. The van der Waals surface area contributed by atoms with Crippen LogP contribution in [-0.4, -0.2) is 20.3 Å². The smallest absolute Gasteiger partial charge is 0.346 e. The Morgan fingerprint density at radius 1 is 1.21 bits per heavy atom. The monoisotopic (exact) mass is 400 g/mol. The van der Waals surface area contributed by atoms with Gasteiger partial charge in [0.05, 0.1) is 5.02 Å². The molecule has 4 rings (SSSR count). The summed E-state index contributed by atoms with van der Waals surface area (Å²) in [4.78, 5) is 25.1. The summed E-state index contributed by atoms with van der Waals surface area (Å²) in [5.41, 5.74) is 0.964.